The maximum atomic E-state index is 5.72. The van der Waals surface area contributed by atoms with Crippen LogP contribution in [0.15, 0.2) is 18.3 Å². The van der Waals surface area contributed by atoms with Gasteiger partial charge in [0.05, 0.1) is 19.2 Å². The van der Waals surface area contributed by atoms with Gasteiger partial charge in [-0.2, -0.15) is 0 Å². The number of hydrogen-bond donors (Lipinski definition) is 0. The van der Waals surface area contributed by atoms with E-state index in [2.05, 4.69) is 9.97 Å². The van der Waals surface area contributed by atoms with Gasteiger partial charge >= 0.3 is 0 Å². The van der Waals surface area contributed by atoms with Gasteiger partial charge in [-0.05, 0) is 24.6 Å². The average molecular weight is 239 g/mol. The molecule has 1 aromatic carbocycles. The number of hydrogen-bond acceptors (Lipinski definition) is 4. The Morgan fingerprint density at radius 1 is 1.31 bits per heavy atom. The molecule has 2 aromatic rings. The molecule has 0 bridgehead atoms. The zero-order valence-electron chi connectivity index (χ0n) is 9.03. The summed E-state index contributed by atoms with van der Waals surface area (Å²) in [4.78, 5) is 8.03. The summed E-state index contributed by atoms with van der Waals surface area (Å²) in [6.07, 6.45) is 1.66. The number of aromatic nitrogens is 2. The summed E-state index contributed by atoms with van der Waals surface area (Å²) in [6, 6.07) is 3.63. The zero-order chi connectivity index (χ0) is 11.5. The number of ether oxygens (including phenoxy) is 2. The quantitative estimate of drug-likeness (QED) is 0.772. The van der Waals surface area contributed by atoms with Crippen LogP contribution in [0.1, 0.15) is 6.92 Å². The van der Waals surface area contributed by atoms with Crippen molar-refractivity contribution >= 4 is 22.5 Å². The van der Waals surface area contributed by atoms with Crippen molar-refractivity contribution in [2.45, 2.75) is 6.92 Å². The van der Waals surface area contributed by atoms with Crippen LogP contribution in [0.4, 0.5) is 0 Å². The number of methoxy groups -OCH3 is 1. The van der Waals surface area contributed by atoms with Gasteiger partial charge in [-0.1, -0.05) is 0 Å². The van der Waals surface area contributed by atoms with Crippen LogP contribution < -0.4 is 9.47 Å². The highest BCUT2D eigenvalue weighted by Crippen LogP contribution is 2.31. The average Bonchev–Trinajstić information content (AvgIpc) is 2.29. The summed E-state index contributed by atoms with van der Waals surface area (Å²) in [5.41, 5.74) is 0.736. The molecule has 5 heteroatoms. The van der Waals surface area contributed by atoms with Gasteiger partial charge in [0.25, 0.3) is 0 Å². The molecule has 0 radical (unpaired) electrons. The summed E-state index contributed by atoms with van der Waals surface area (Å²) in [5, 5.41) is 1.09. The van der Waals surface area contributed by atoms with E-state index in [1.54, 1.807) is 19.4 Å². The fourth-order valence-corrected chi connectivity index (χ4v) is 1.58. The third kappa shape index (κ3) is 2.02. The van der Waals surface area contributed by atoms with Crippen molar-refractivity contribution in [1.29, 1.82) is 0 Å². The number of halogens is 1. The first-order valence-electron chi connectivity index (χ1n) is 4.87. The van der Waals surface area contributed by atoms with Crippen LogP contribution in [0, 0.1) is 0 Å². The van der Waals surface area contributed by atoms with E-state index in [0.717, 1.165) is 10.9 Å². The number of nitrogens with zero attached hydrogens (tertiary/aromatic N) is 2. The summed E-state index contributed by atoms with van der Waals surface area (Å²) >= 11 is 5.72. The predicted molar refractivity (Wildman–Crippen MR) is 62.3 cm³/mol. The maximum absolute atomic E-state index is 5.72. The Balaban J connectivity index is 2.60. The third-order valence-corrected chi connectivity index (χ3v) is 2.32. The molecule has 16 heavy (non-hydrogen) atoms. The van der Waals surface area contributed by atoms with Crippen LogP contribution in [0.3, 0.4) is 0 Å². The standard InChI is InChI=1S/C11H11ClN2O2/c1-3-16-10-4-7-6-13-11(12)14-8(7)5-9(10)15-2/h4-6H,3H2,1-2H3. The zero-order valence-corrected chi connectivity index (χ0v) is 9.78. The maximum Gasteiger partial charge on any atom is 0.222 e. The lowest BCUT2D eigenvalue weighted by Crippen LogP contribution is -1.96. The fourth-order valence-electron chi connectivity index (χ4n) is 1.44. The molecule has 0 N–H and O–H groups in total. The van der Waals surface area contributed by atoms with E-state index in [-0.39, 0.29) is 5.28 Å². The molecule has 0 atom stereocenters. The van der Waals surface area contributed by atoms with Crippen molar-refractivity contribution < 1.29 is 9.47 Å². The fraction of sp³-hybridized carbons (Fsp3) is 0.273. The van der Waals surface area contributed by atoms with Crippen LogP contribution in [-0.4, -0.2) is 23.7 Å². The molecule has 1 aromatic heterocycles. The Kier molecular flexibility index (Phi) is 3.10. The van der Waals surface area contributed by atoms with Crippen LogP contribution in [0.5, 0.6) is 11.5 Å². The summed E-state index contributed by atoms with van der Waals surface area (Å²) in [7, 11) is 1.59. The number of rotatable bonds is 3. The molecule has 0 aliphatic rings. The molecule has 0 aliphatic heterocycles. The smallest absolute Gasteiger partial charge is 0.222 e. The molecule has 0 fully saturated rings. The van der Waals surface area contributed by atoms with Gasteiger partial charge in [0.1, 0.15) is 0 Å². The van der Waals surface area contributed by atoms with E-state index in [1.807, 2.05) is 13.0 Å². The number of fused-ring (bicyclic) bond motifs is 1. The molecule has 0 unspecified atom stereocenters. The van der Waals surface area contributed by atoms with E-state index in [1.165, 1.54) is 0 Å². The van der Waals surface area contributed by atoms with Gasteiger partial charge < -0.3 is 9.47 Å². The minimum Gasteiger partial charge on any atom is -0.493 e. The molecule has 4 nitrogen and oxygen atoms in total. The lowest BCUT2D eigenvalue weighted by Gasteiger charge is -2.10. The number of benzene rings is 1. The normalized spacial score (nSPS) is 10.4. The largest absolute Gasteiger partial charge is 0.493 e. The van der Waals surface area contributed by atoms with E-state index in [4.69, 9.17) is 21.1 Å². The van der Waals surface area contributed by atoms with Crippen molar-refractivity contribution in [2.24, 2.45) is 0 Å². The Morgan fingerprint density at radius 2 is 2.12 bits per heavy atom. The SMILES string of the molecule is CCOc1cc2cnc(Cl)nc2cc1OC. The Hall–Kier alpha value is -1.55. The van der Waals surface area contributed by atoms with Gasteiger partial charge in [-0.15, -0.1) is 0 Å². The lowest BCUT2D eigenvalue weighted by molar-refractivity contribution is 0.311. The van der Waals surface area contributed by atoms with Gasteiger partial charge in [-0.3, -0.25) is 0 Å². The molecule has 0 amide bonds. The van der Waals surface area contributed by atoms with Crippen molar-refractivity contribution in [1.82, 2.24) is 9.97 Å². The van der Waals surface area contributed by atoms with Crippen LogP contribution in [-0.2, 0) is 0 Å². The van der Waals surface area contributed by atoms with E-state index >= 15 is 0 Å². The summed E-state index contributed by atoms with van der Waals surface area (Å²) < 4.78 is 10.7. The van der Waals surface area contributed by atoms with Crippen molar-refractivity contribution in [3.63, 3.8) is 0 Å². The van der Waals surface area contributed by atoms with Crippen LogP contribution in [0.2, 0.25) is 5.28 Å². The third-order valence-electron chi connectivity index (χ3n) is 2.14. The first-order valence-corrected chi connectivity index (χ1v) is 5.25. The molecule has 0 spiro atoms. The molecule has 2 rings (SSSR count). The van der Waals surface area contributed by atoms with E-state index in [0.29, 0.717) is 18.1 Å². The van der Waals surface area contributed by atoms with Gasteiger partial charge in [0.2, 0.25) is 5.28 Å². The topological polar surface area (TPSA) is 44.2 Å². The van der Waals surface area contributed by atoms with Gasteiger partial charge in [0, 0.05) is 17.6 Å². The predicted octanol–water partition coefficient (Wildman–Crippen LogP) is 2.69. The Bertz CT molecular complexity index is 517. The van der Waals surface area contributed by atoms with Gasteiger partial charge in [-0.25, -0.2) is 9.97 Å². The highest BCUT2D eigenvalue weighted by Gasteiger charge is 2.07. The second kappa shape index (κ2) is 4.53. The Morgan fingerprint density at radius 3 is 2.81 bits per heavy atom. The second-order valence-corrected chi connectivity index (χ2v) is 3.47. The van der Waals surface area contributed by atoms with Crippen LogP contribution >= 0.6 is 11.6 Å². The van der Waals surface area contributed by atoms with Crippen molar-refractivity contribution in [3.8, 4) is 11.5 Å². The highest BCUT2D eigenvalue weighted by molar-refractivity contribution is 6.28. The van der Waals surface area contributed by atoms with E-state index in [9.17, 15) is 0 Å². The second-order valence-electron chi connectivity index (χ2n) is 3.13. The molecule has 0 aliphatic carbocycles. The summed E-state index contributed by atoms with van der Waals surface area (Å²) in [6.45, 7) is 2.50. The Labute approximate surface area is 98.2 Å². The molecule has 84 valence electrons. The molecular weight excluding hydrogens is 228 g/mol. The first kappa shape index (κ1) is 11.0. The summed E-state index contributed by atoms with van der Waals surface area (Å²) in [5.74, 6) is 1.33. The highest BCUT2D eigenvalue weighted by atomic mass is 35.5. The lowest BCUT2D eigenvalue weighted by atomic mass is 10.2. The molecular formula is C11H11ClN2O2. The van der Waals surface area contributed by atoms with Gasteiger partial charge in [0.15, 0.2) is 11.5 Å². The van der Waals surface area contributed by atoms with Crippen molar-refractivity contribution in [3.05, 3.63) is 23.6 Å². The first-order chi connectivity index (χ1) is 7.74. The minimum atomic E-state index is 0.221. The molecule has 0 saturated carbocycles. The monoisotopic (exact) mass is 238 g/mol. The van der Waals surface area contributed by atoms with Crippen LogP contribution in [0.25, 0.3) is 10.9 Å². The van der Waals surface area contributed by atoms with Crippen molar-refractivity contribution in [2.75, 3.05) is 13.7 Å². The molecule has 1 heterocycles. The molecule has 0 saturated heterocycles. The minimum absolute atomic E-state index is 0.221. The van der Waals surface area contributed by atoms with E-state index < -0.39 is 0 Å².